The first-order valence-corrected chi connectivity index (χ1v) is 6.98. The topological polar surface area (TPSA) is 48.8 Å². The van der Waals surface area contributed by atoms with Crippen molar-refractivity contribution >= 4 is 11.7 Å². The maximum absolute atomic E-state index is 4.68. The molecule has 0 radical (unpaired) electrons. The normalized spacial score (nSPS) is 35.2. The fourth-order valence-corrected chi connectivity index (χ4v) is 2.70. The highest BCUT2D eigenvalue weighted by molar-refractivity contribution is 5.80. The second-order valence-electron chi connectivity index (χ2n) is 5.69. The Morgan fingerprint density at radius 3 is 1.56 bits per heavy atom. The summed E-state index contributed by atoms with van der Waals surface area (Å²) >= 11 is 0. The Labute approximate surface area is 111 Å². The fraction of sp³-hybridized carbons (Fsp3) is 0.857. The first kappa shape index (κ1) is 15.0. The van der Waals surface area contributed by atoms with Crippen molar-refractivity contribution in [1.29, 1.82) is 0 Å². The van der Waals surface area contributed by atoms with Crippen LogP contribution in [-0.4, -0.2) is 35.8 Å². The molecule has 104 valence electrons. The molecule has 4 unspecified atom stereocenters. The Balaban J connectivity index is 2.81. The summed E-state index contributed by atoms with van der Waals surface area (Å²) in [6.07, 6.45) is 2.04. The van der Waals surface area contributed by atoms with Gasteiger partial charge in [0.1, 0.15) is 0 Å². The summed E-state index contributed by atoms with van der Waals surface area (Å²) in [6, 6.07) is 1.47. The summed E-state index contributed by atoms with van der Waals surface area (Å²) in [7, 11) is 0. The smallest absolute Gasteiger partial charge is 0.0937 e. The van der Waals surface area contributed by atoms with Crippen molar-refractivity contribution in [2.45, 2.75) is 78.6 Å². The highest BCUT2D eigenvalue weighted by atomic mass is 15.1. The third-order valence-corrected chi connectivity index (χ3v) is 3.13. The van der Waals surface area contributed by atoms with E-state index in [4.69, 9.17) is 0 Å². The molecule has 0 bridgehead atoms. The molecule has 1 rings (SSSR count). The van der Waals surface area contributed by atoms with E-state index in [9.17, 15) is 0 Å². The number of hydrogen-bond acceptors (Lipinski definition) is 4. The summed E-state index contributed by atoms with van der Waals surface area (Å²) < 4.78 is 0. The van der Waals surface area contributed by atoms with Gasteiger partial charge in [0.15, 0.2) is 0 Å². The standard InChI is InChI=1S/C14H28N4/c1-9-7-10(2)16-14(6)18-12(4)8-11(3)17-13(5)15-9/h9-12H,7-8H2,1-6H3,(H,15,17)(H,16,18). The summed E-state index contributed by atoms with van der Waals surface area (Å²) in [5, 5.41) is 6.92. The van der Waals surface area contributed by atoms with Crippen LogP contribution in [0.25, 0.3) is 0 Å². The minimum Gasteiger partial charge on any atom is -0.372 e. The molecule has 0 aliphatic carbocycles. The molecule has 1 aliphatic heterocycles. The zero-order chi connectivity index (χ0) is 13.7. The van der Waals surface area contributed by atoms with Gasteiger partial charge >= 0.3 is 0 Å². The molecule has 0 saturated heterocycles. The number of amidine groups is 2. The van der Waals surface area contributed by atoms with E-state index in [1.165, 1.54) is 0 Å². The highest BCUT2D eigenvalue weighted by Gasteiger charge is 2.13. The van der Waals surface area contributed by atoms with E-state index < -0.39 is 0 Å². The van der Waals surface area contributed by atoms with Crippen LogP contribution in [0.4, 0.5) is 0 Å². The van der Waals surface area contributed by atoms with Crippen LogP contribution in [0.5, 0.6) is 0 Å². The van der Waals surface area contributed by atoms with Crippen LogP contribution in [0.3, 0.4) is 0 Å². The molecule has 1 aliphatic rings. The molecule has 0 aromatic heterocycles. The summed E-state index contributed by atoms with van der Waals surface area (Å²) in [5.74, 6) is 2.08. The molecule has 4 heteroatoms. The Morgan fingerprint density at radius 2 is 1.17 bits per heavy atom. The van der Waals surface area contributed by atoms with Crippen LogP contribution in [-0.2, 0) is 0 Å². The Kier molecular flexibility index (Phi) is 5.63. The molecule has 18 heavy (non-hydrogen) atoms. The maximum atomic E-state index is 4.68. The van der Waals surface area contributed by atoms with Gasteiger partial charge in [0.05, 0.1) is 23.8 Å². The molecule has 1 heterocycles. The highest BCUT2D eigenvalue weighted by Crippen LogP contribution is 2.07. The number of aliphatic imine (C=N–C) groups is 2. The lowest BCUT2D eigenvalue weighted by Crippen LogP contribution is -2.40. The molecule has 4 nitrogen and oxygen atoms in total. The van der Waals surface area contributed by atoms with Crippen LogP contribution in [0.2, 0.25) is 0 Å². The maximum Gasteiger partial charge on any atom is 0.0937 e. The second-order valence-corrected chi connectivity index (χ2v) is 5.69. The largest absolute Gasteiger partial charge is 0.372 e. The second kappa shape index (κ2) is 6.76. The minimum atomic E-state index is 0.313. The van der Waals surface area contributed by atoms with E-state index in [1.54, 1.807) is 0 Å². The van der Waals surface area contributed by atoms with Gasteiger partial charge in [-0.15, -0.1) is 0 Å². The number of nitrogens with zero attached hydrogens (tertiary/aromatic N) is 2. The predicted octanol–water partition coefficient (Wildman–Crippen LogP) is 2.35. The van der Waals surface area contributed by atoms with Crippen molar-refractivity contribution in [2.75, 3.05) is 0 Å². The van der Waals surface area contributed by atoms with Crippen LogP contribution in [0.15, 0.2) is 9.98 Å². The molecule has 4 atom stereocenters. The van der Waals surface area contributed by atoms with E-state index in [0.29, 0.717) is 24.2 Å². The Hall–Kier alpha value is -1.06. The lowest BCUT2D eigenvalue weighted by atomic mass is 10.1. The minimum absolute atomic E-state index is 0.313. The van der Waals surface area contributed by atoms with E-state index >= 15 is 0 Å². The monoisotopic (exact) mass is 252 g/mol. The molecule has 0 aromatic rings. The lowest BCUT2D eigenvalue weighted by Gasteiger charge is -2.23. The van der Waals surface area contributed by atoms with Crippen molar-refractivity contribution in [3.8, 4) is 0 Å². The van der Waals surface area contributed by atoms with Gasteiger partial charge in [-0.05, 0) is 54.4 Å². The van der Waals surface area contributed by atoms with Crippen LogP contribution in [0, 0.1) is 0 Å². The number of hydrogen-bond donors (Lipinski definition) is 2. The van der Waals surface area contributed by atoms with Gasteiger partial charge in [0, 0.05) is 12.1 Å². The number of rotatable bonds is 0. The van der Waals surface area contributed by atoms with Crippen LogP contribution >= 0.6 is 0 Å². The molecular formula is C14H28N4. The Morgan fingerprint density at radius 1 is 0.778 bits per heavy atom. The third-order valence-electron chi connectivity index (χ3n) is 3.13. The van der Waals surface area contributed by atoms with Crippen molar-refractivity contribution in [3.05, 3.63) is 0 Å². The quantitative estimate of drug-likeness (QED) is 0.695. The first-order valence-electron chi connectivity index (χ1n) is 6.98. The molecule has 0 amide bonds. The van der Waals surface area contributed by atoms with Gasteiger partial charge in [0.2, 0.25) is 0 Å². The molecule has 2 N–H and O–H groups in total. The lowest BCUT2D eigenvalue weighted by molar-refractivity contribution is 0.499. The molecular weight excluding hydrogens is 224 g/mol. The van der Waals surface area contributed by atoms with E-state index in [0.717, 1.165) is 24.5 Å². The van der Waals surface area contributed by atoms with Crippen molar-refractivity contribution in [2.24, 2.45) is 9.98 Å². The Bertz CT molecular complexity index is 292. The molecule has 0 saturated carbocycles. The fourth-order valence-electron chi connectivity index (χ4n) is 2.70. The van der Waals surface area contributed by atoms with Crippen molar-refractivity contribution in [3.63, 3.8) is 0 Å². The van der Waals surface area contributed by atoms with Crippen molar-refractivity contribution in [1.82, 2.24) is 10.6 Å². The van der Waals surface area contributed by atoms with Gasteiger partial charge in [-0.2, -0.15) is 0 Å². The van der Waals surface area contributed by atoms with Gasteiger partial charge in [-0.3, -0.25) is 9.98 Å². The summed E-state index contributed by atoms with van der Waals surface area (Å²) in [4.78, 5) is 9.35. The van der Waals surface area contributed by atoms with Crippen molar-refractivity contribution < 1.29 is 0 Å². The first-order chi connectivity index (χ1) is 8.36. The SMILES string of the molecule is CC1=NC(C)CC(C)N=C(C)NC(C)CC(C)N1. The zero-order valence-corrected chi connectivity index (χ0v) is 12.6. The molecule has 0 fully saturated rings. The van der Waals surface area contributed by atoms with Gasteiger partial charge in [0.25, 0.3) is 0 Å². The van der Waals surface area contributed by atoms with Crippen LogP contribution in [0.1, 0.15) is 54.4 Å². The van der Waals surface area contributed by atoms with E-state index in [2.05, 4.69) is 62.2 Å². The van der Waals surface area contributed by atoms with Gasteiger partial charge in [-0.1, -0.05) is 0 Å². The summed E-state index contributed by atoms with van der Waals surface area (Å²) in [6.45, 7) is 12.8. The third kappa shape index (κ3) is 5.52. The average Bonchev–Trinajstić information content (AvgIpc) is 2.12. The predicted molar refractivity (Wildman–Crippen MR) is 79.6 cm³/mol. The summed E-state index contributed by atoms with van der Waals surface area (Å²) in [5.41, 5.74) is 0. The molecule has 0 aromatic carbocycles. The number of nitrogens with one attached hydrogen (secondary N) is 2. The zero-order valence-electron chi connectivity index (χ0n) is 12.6. The van der Waals surface area contributed by atoms with E-state index in [-0.39, 0.29) is 0 Å². The van der Waals surface area contributed by atoms with Gasteiger partial charge in [-0.25, -0.2) is 0 Å². The van der Waals surface area contributed by atoms with Crippen LogP contribution < -0.4 is 10.6 Å². The van der Waals surface area contributed by atoms with E-state index in [1.807, 2.05) is 0 Å². The molecule has 0 spiro atoms. The van der Waals surface area contributed by atoms with Gasteiger partial charge < -0.3 is 10.6 Å². The average molecular weight is 252 g/mol.